The zero-order valence-electron chi connectivity index (χ0n) is 14.1. The third-order valence-electron chi connectivity index (χ3n) is 4.01. The molecule has 0 radical (unpaired) electrons. The number of hydrogen-bond acceptors (Lipinski definition) is 2. The van der Waals surface area contributed by atoms with E-state index in [1.807, 2.05) is 54.6 Å². The highest BCUT2D eigenvalue weighted by atomic mass is 35.5. The highest BCUT2D eigenvalue weighted by molar-refractivity contribution is 6.36. The second-order valence-electron chi connectivity index (χ2n) is 5.92. The van der Waals surface area contributed by atoms with Crippen LogP contribution in [0, 0.1) is 0 Å². The minimum absolute atomic E-state index is 0.128. The van der Waals surface area contributed by atoms with Gasteiger partial charge in [0.05, 0.1) is 11.6 Å². The third kappa shape index (κ3) is 4.87. The molecule has 0 saturated heterocycles. The first kappa shape index (κ1) is 18.5. The minimum Gasteiger partial charge on any atom is -0.494 e. The first-order valence-corrected chi connectivity index (χ1v) is 9.15. The van der Waals surface area contributed by atoms with Crippen LogP contribution in [-0.2, 0) is 6.42 Å². The Morgan fingerprint density at radius 2 is 1.62 bits per heavy atom. The van der Waals surface area contributed by atoms with Gasteiger partial charge in [0.25, 0.3) is 0 Å². The number of ether oxygens (including phenoxy) is 1. The van der Waals surface area contributed by atoms with Gasteiger partial charge in [0.15, 0.2) is 5.78 Å². The van der Waals surface area contributed by atoms with Crippen molar-refractivity contribution in [3.8, 4) is 5.75 Å². The van der Waals surface area contributed by atoms with E-state index in [0.717, 1.165) is 24.2 Å². The molecule has 0 heterocycles. The summed E-state index contributed by atoms with van der Waals surface area (Å²) in [6.45, 7) is 0.656. The molecule has 0 saturated carbocycles. The lowest BCUT2D eigenvalue weighted by atomic mass is 10.0. The van der Waals surface area contributed by atoms with E-state index in [1.54, 1.807) is 18.2 Å². The molecular formula is C22H18Cl2O2. The molecule has 0 aliphatic rings. The lowest BCUT2D eigenvalue weighted by molar-refractivity contribution is 0.103. The molecule has 0 aliphatic carbocycles. The molecular weight excluding hydrogens is 367 g/mol. The van der Waals surface area contributed by atoms with E-state index in [9.17, 15) is 4.79 Å². The number of aryl methyl sites for hydroxylation is 1. The van der Waals surface area contributed by atoms with Crippen LogP contribution in [0.1, 0.15) is 27.9 Å². The van der Waals surface area contributed by atoms with Crippen molar-refractivity contribution >= 4 is 29.0 Å². The van der Waals surface area contributed by atoms with E-state index >= 15 is 0 Å². The van der Waals surface area contributed by atoms with Gasteiger partial charge in [0.2, 0.25) is 0 Å². The Balaban J connectivity index is 1.56. The van der Waals surface area contributed by atoms with Crippen LogP contribution in [0.15, 0.2) is 72.8 Å². The molecule has 0 N–H and O–H groups in total. The second-order valence-corrected chi connectivity index (χ2v) is 6.76. The predicted octanol–water partition coefficient (Wildman–Crippen LogP) is 6.24. The molecule has 0 fully saturated rings. The van der Waals surface area contributed by atoms with Gasteiger partial charge in [0.1, 0.15) is 5.75 Å². The largest absolute Gasteiger partial charge is 0.494 e. The SMILES string of the molecule is O=C(c1ccc(CCCOc2ccccc2)cc1)c1cc(Cl)ccc1Cl. The summed E-state index contributed by atoms with van der Waals surface area (Å²) in [6.07, 6.45) is 1.79. The van der Waals surface area contributed by atoms with Gasteiger partial charge in [-0.3, -0.25) is 4.79 Å². The Morgan fingerprint density at radius 3 is 2.35 bits per heavy atom. The zero-order chi connectivity index (χ0) is 18.4. The van der Waals surface area contributed by atoms with E-state index in [-0.39, 0.29) is 5.78 Å². The maximum Gasteiger partial charge on any atom is 0.194 e. The quantitative estimate of drug-likeness (QED) is 0.356. The fourth-order valence-electron chi connectivity index (χ4n) is 2.63. The molecule has 0 amide bonds. The summed E-state index contributed by atoms with van der Waals surface area (Å²) in [7, 11) is 0. The molecule has 3 aromatic rings. The van der Waals surface area contributed by atoms with E-state index in [1.165, 1.54) is 0 Å². The first-order chi connectivity index (χ1) is 12.6. The summed E-state index contributed by atoms with van der Waals surface area (Å²) < 4.78 is 5.69. The average Bonchev–Trinajstić information content (AvgIpc) is 2.68. The number of halogens is 2. The molecule has 0 unspecified atom stereocenters. The molecule has 0 spiro atoms. The number of ketones is 1. The number of carbonyl (C=O) groups is 1. The standard InChI is InChI=1S/C22H18Cl2O2/c23-18-12-13-21(24)20(15-18)22(25)17-10-8-16(9-11-17)5-4-14-26-19-6-2-1-3-7-19/h1-3,6-13,15H,4-5,14H2. The lowest BCUT2D eigenvalue weighted by Gasteiger charge is -2.07. The van der Waals surface area contributed by atoms with Gasteiger partial charge >= 0.3 is 0 Å². The predicted molar refractivity (Wildman–Crippen MR) is 107 cm³/mol. The van der Waals surface area contributed by atoms with Crippen molar-refractivity contribution in [2.24, 2.45) is 0 Å². The lowest BCUT2D eigenvalue weighted by Crippen LogP contribution is -2.03. The van der Waals surface area contributed by atoms with Crippen LogP contribution in [0.25, 0.3) is 0 Å². The monoisotopic (exact) mass is 384 g/mol. The summed E-state index contributed by atoms with van der Waals surface area (Å²) in [5.74, 6) is 0.753. The summed E-state index contributed by atoms with van der Waals surface area (Å²) >= 11 is 12.1. The van der Waals surface area contributed by atoms with Crippen LogP contribution >= 0.6 is 23.2 Å². The summed E-state index contributed by atoms with van der Waals surface area (Å²) in [6, 6.07) is 22.3. The number of para-hydroxylation sites is 1. The molecule has 3 aromatic carbocycles. The fourth-order valence-corrected chi connectivity index (χ4v) is 3.01. The maximum atomic E-state index is 12.6. The zero-order valence-corrected chi connectivity index (χ0v) is 15.6. The van der Waals surface area contributed by atoms with Crippen molar-refractivity contribution in [1.82, 2.24) is 0 Å². The molecule has 0 aromatic heterocycles. The van der Waals surface area contributed by atoms with Crippen molar-refractivity contribution in [3.05, 3.63) is 99.5 Å². The van der Waals surface area contributed by atoms with Gasteiger partial charge in [-0.15, -0.1) is 0 Å². The van der Waals surface area contributed by atoms with Crippen LogP contribution in [0.5, 0.6) is 5.75 Å². The van der Waals surface area contributed by atoms with Gasteiger partial charge < -0.3 is 4.74 Å². The van der Waals surface area contributed by atoms with Gasteiger partial charge in [-0.05, 0) is 48.7 Å². The Kier molecular flexibility index (Phi) is 6.32. The number of rotatable bonds is 7. The van der Waals surface area contributed by atoms with Crippen LogP contribution in [0.4, 0.5) is 0 Å². The summed E-state index contributed by atoms with van der Waals surface area (Å²) in [5, 5.41) is 0.898. The molecule has 26 heavy (non-hydrogen) atoms. The van der Waals surface area contributed by atoms with E-state index < -0.39 is 0 Å². The van der Waals surface area contributed by atoms with Crippen molar-refractivity contribution in [3.63, 3.8) is 0 Å². The second kappa shape index (κ2) is 8.88. The van der Waals surface area contributed by atoms with Crippen molar-refractivity contribution in [1.29, 1.82) is 0 Å². The molecule has 3 rings (SSSR count). The number of hydrogen-bond donors (Lipinski definition) is 0. The van der Waals surface area contributed by atoms with Gasteiger partial charge in [-0.1, -0.05) is 65.7 Å². The Morgan fingerprint density at radius 1 is 0.885 bits per heavy atom. The highest BCUT2D eigenvalue weighted by Gasteiger charge is 2.13. The molecule has 4 heteroatoms. The Hall–Kier alpha value is -2.29. The topological polar surface area (TPSA) is 26.3 Å². The van der Waals surface area contributed by atoms with Crippen LogP contribution in [0.3, 0.4) is 0 Å². The Labute approximate surface area is 163 Å². The van der Waals surface area contributed by atoms with Crippen LogP contribution < -0.4 is 4.74 Å². The fraction of sp³-hybridized carbons (Fsp3) is 0.136. The first-order valence-electron chi connectivity index (χ1n) is 8.40. The third-order valence-corrected chi connectivity index (χ3v) is 4.58. The van der Waals surface area contributed by atoms with Gasteiger partial charge in [-0.2, -0.15) is 0 Å². The van der Waals surface area contributed by atoms with E-state index in [0.29, 0.717) is 27.8 Å². The number of carbonyl (C=O) groups excluding carboxylic acids is 1. The molecule has 132 valence electrons. The van der Waals surface area contributed by atoms with Gasteiger partial charge in [0, 0.05) is 16.1 Å². The van der Waals surface area contributed by atoms with Crippen LogP contribution in [0.2, 0.25) is 10.0 Å². The van der Waals surface area contributed by atoms with E-state index in [2.05, 4.69) is 0 Å². The van der Waals surface area contributed by atoms with Crippen molar-refractivity contribution < 1.29 is 9.53 Å². The summed E-state index contributed by atoms with van der Waals surface area (Å²) in [5.41, 5.74) is 2.18. The average molecular weight is 385 g/mol. The molecule has 0 atom stereocenters. The molecule has 0 aliphatic heterocycles. The van der Waals surface area contributed by atoms with Crippen molar-refractivity contribution in [2.75, 3.05) is 6.61 Å². The maximum absolute atomic E-state index is 12.6. The number of benzene rings is 3. The Bertz CT molecular complexity index is 874. The normalized spacial score (nSPS) is 10.5. The molecule has 0 bridgehead atoms. The smallest absolute Gasteiger partial charge is 0.194 e. The van der Waals surface area contributed by atoms with Crippen molar-refractivity contribution in [2.45, 2.75) is 12.8 Å². The minimum atomic E-state index is -0.128. The summed E-state index contributed by atoms with van der Waals surface area (Å²) in [4.78, 5) is 12.6. The van der Waals surface area contributed by atoms with E-state index in [4.69, 9.17) is 27.9 Å². The highest BCUT2D eigenvalue weighted by Crippen LogP contribution is 2.23. The van der Waals surface area contributed by atoms with Gasteiger partial charge in [-0.25, -0.2) is 0 Å². The van der Waals surface area contributed by atoms with Crippen LogP contribution in [-0.4, -0.2) is 12.4 Å². The molecule has 2 nitrogen and oxygen atoms in total.